The normalized spacial score (nSPS) is 32.9. The lowest BCUT2D eigenvalue weighted by Gasteiger charge is -2.61. The molecule has 266 valence electrons. The zero-order chi connectivity index (χ0) is 35.1. The van der Waals surface area contributed by atoms with Crippen LogP contribution in [0.1, 0.15) is 114 Å². The number of hydrogen-bond acceptors (Lipinski definition) is 7. The van der Waals surface area contributed by atoms with E-state index in [2.05, 4.69) is 27.7 Å². The van der Waals surface area contributed by atoms with Gasteiger partial charge in [0.25, 0.3) is 0 Å². The molecule has 1 N–H and O–H groups in total. The molecule has 5 atom stereocenters. The van der Waals surface area contributed by atoms with Gasteiger partial charge in [0.1, 0.15) is 23.6 Å². The molecule has 1 heterocycles. The Morgan fingerprint density at radius 3 is 1.90 bits per heavy atom. The molecule has 0 spiro atoms. The van der Waals surface area contributed by atoms with Gasteiger partial charge in [-0.25, -0.2) is 4.79 Å². The summed E-state index contributed by atoms with van der Waals surface area (Å²) in [6.45, 7) is 12.2. The van der Waals surface area contributed by atoms with Gasteiger partial charge in [-0.2, -0.15) is 0 Å². The van der Waals surface area contributed by atoms with Gasteiger partial charge in [0.2, 0.25) is 0 Å². The van der Waals surface area contributed by atoms with Gasteiger partial charge in [0, 0.05) is 17.3 Å². The fraction of sp³-hybridized carbons (Fsp3) is 0.643. The van der Waals surface area contributed by atoms with E-state index < -0.39 is 0 Å². The molecular formula is C42H56O7. The number of aryl methyl sites for hydroxylation is 2. The number of carbonyl (C=O) groups excluding carboxylic acids is 3. The van der Waals surface area contributed by atoms with Crippen molar-refractivity contribution >= 4 is 17.9 Å². The third kappa shape index (κ3) is 7.28. The van der Waals surface area contributed by atoms with E-state index in [4.69, 9.17) is 19.3 Å². The van der Waals surface area contributed by atoms with Gasteiger partial charge < -0.3 is 19.3 Å². The van der Waals surface area contributed by atoms with Gasteiger partial charge in [-0.1, -0.05) is 52.0 Å². The number of fused-ring (bicyclic) bond motifs is 1. The summed E-state index contributed by atoms with van der Waals surface area (Å²) in [5, 5.41) is 8.85. The summed E-state index contributed by atoms with van der Waals surface area (Å²) in [5.41, 5.74) is 3.04. The highest BCUT2D eigenvalue weighted by molar-refractivity contribution is 5.89. The molecule has 2 aromatic rings. The molecule has 1 aliphatic heterocycles. The zero-order valence-electron chi connectivity index (χ0n) is 30.3. The molecule has 5 unspecified atom stereocenters. The molecule has 7 heteroatoms. The molecule has 0 radical (unpaired) electrons. The van der Waals surface area contributed by atoms with E-state index in [-0.39, 0.29) is 53.0 Å². The first kappa shape index (κ1) is 35.5. The van der Waals surface area contributed by atoms with Crippen LogP contribution in [0.2, 0.25) is 0 Å². The zero-order valence-corrected chi connectivity index (χ0v) is 30.3. The first-order valence-corrected chi connectivity index (χ1v) is 18.8. The Morgan fingerprint density at radius 1 is 0.857 bits per heavy atom. The maximum atomic E-state index is 12.7. The van der Waals surface area contributed by atoms with E-state index in [9.17, 15) is 14.4 Å². The summed E-state index contributed by atoms with van der Waals surface area (Å²) >= 11 is 0. The minimum absolute atomic E-state index is 0.0828. The fourth-order valence-corrected chi connectivity index (χ4v) is 10.2. The summed E-state index contributed by atoms with van der Waals surface area (Å²) in [6, 6.07) is 15.2. The van der Waals surface area contributed by atoms with Crippen molar-refractivity contribution in [1.29, 1.82) is 0 Å². The lowest BCUT2D eigenvalue weighted by Crippen LogP contribution is -2.57. The Balaban J connectivity index is 0.000000143. The summed E-state index contributed by atoms with van der Waals surface area (Å²) in [6.07, 6.45) is 11.5. The van der Waals surface area contributed by atoms with Crippen molar-refractivity contribution in [2.45, 2.75) is 124 Å². The van der Waals surface area contributed by atoms with Crippen molar-refractivity contribution in [1.82, 2.24) is 0 Å². The van der Waals surface area contributed by atoms with E-state index in [1.165, 1.54) is 49.7 Å². The van der Waals surface area contributed by atoms with Gasteiger partial charge in [-0.05, 0) is 131 Å². The van der Waals surface area contributed by atoms with Crippen molar-refractivity contribution in [3.8, 4) is 5.75 Å². The van der Waals surface area contributed by atoms with Crippen molar-refractivity contribution in [2.75, 3.05) is 0 Å². The predicted octanol–water partition coefficient (Wildman–Crippen LogP) is 8.49. The minimum Gasteiger partial charge on any atom is -0.508 e. The lowest BCUT2D eigenvalue weighted by atomic mass is 9.46. The number of ether oxygens (including phenoxy) is 3. The highest BCUT2D eigenvalue weighted by Gasteiger charge is 2.63. The number of phenols is 1. The number of rotatable bonds is 7. The predicted molar refractivity (Wildman–Crippen MR) is 188 cm³/mol. The molecule has 0 amide bonds. The van der Waals surface area contributed by atoms with Crippen LogP contribution < -0.4 is 0 Å². The number of benzene rings is 2. The van der Waals surface area contributed by atoms with Crippen LogP contribution in [0.25, 0.3) is 0 Å². The molecule has 7 nitrogen and oxygen atoms in total. The number of phenolic OH excluding ortho intramolecular Hbond substituents is 1. The highest BCUT2D eigenvalue weighted by Crippen LogP contribution is 2.64. The van der Waals surface area contributed by atoms with Crippen LogP contribution in [0.15, 0.2) is 48.5 Å². The van der Waals surface area contributed by atoms with Crippen molar-refractivity contribution in [3.05, 3.63) is 65.2 Å². The largest absolute Gasteiger partial charge is 0.508 e. The molecular weight excluding hydrogens is 616 g/mol. The number of aromatic hydroxyl groups is 1. The Kier molecular flexibility index (Phi) is 10.2. The van der Waals surface area contributed by atoms with Crippen LogP contribution in [0.5, 0.6) is 5.75 Å². The average Bonchev–Trinajstić information content (AvgIpc) is 3.70. The minimum atomic E-state index is -0.372. The number of hydrogen-bond donors (Lipinski definition) is 1. The molecule has 9 rings (SSSR count). The fourth-order valence-electron chi connectivity index (χ4n) is 10.2. The van der Waals surface area contributed by atoms with E-state index in [0.717, 1.165) is 43.4 Å². The topological polar surface area (TPSA) is 99.1 Å². The molecule has 6 bridgehead atoms. The first-order valence-electron chi connectivity index (χ1n) is 18.8. The summed E-state index contributed by atoms with van der Waals surface area (Å²) in [7, 11) is 0. The third-order valence-electron chi connectivity index (χ3n) is 12.7. The Bertz CT molecular complexity index is 1450. The van der Waals surface area contributed by atoms with E-state index in [0.29, 0.717) is 23.1 Å². The smallest absolute Gasteiger partial charge is 0.338 e. The first-order chi connectivity index (χ1) is 23.3. The quantitative estimate of drug-likeness (QED) is 0.233. The summed E-state index contributed by atoms with van der Waals surface area (Å²) < 4.78 is 16.9. The Labute approximate surface area is 292 Å². The Hall–Kier alpha value is -3.35. The second-order valence-corrected chi connectivity index (χ2v) is 16.6. The summed E-state index contributed by atoms with van der Waals surface area (Å²) in [4.78, 5) is 35.8. The molecule has 6 aliphatic carbocycles. The second-order valence-electron chi connectivity index (χ2n) is 16.6. The van der Waals surface area contributed by atoms with Crippen molar-refractivity contribution < 1.29 is 33.7 Å². The number of esters is 3. The lowest BCUT2D eigenvalue weighted by molar-refractivity contribution is -0.164. The molecule has 1 saturated heterocycles. The SMILES string of the molecule is CC(C)C(=O)OC1C2CC3C(=O)OC1C3C2.CCc1ccc(C(=O)OC(C)(C)C23CC4CC(CC(C4)C2)C3)cc1.CCc1ccc(O)cc1. The molecule has 7 fully saturated rings. The van der Waals surface area contributed by atoms with Crippen LogP contribution in [0.3, 0.4) is 0 Å². The van der Waals surface area contributed by atoms with E-state index >= 15 is 0 Å². The molecule has 7 aliphatic rings. The van der Waals surface area contributed by atoms with Gasteiger partial charge in [0.05, 0.1) is 17.4 Å². The standard InChI is InChI=1S/C22H30O2.C12H16O4.C8H10O/c1-4-15-5-7-19(8-6-15)20(23)24-21(2,3)22-12-16-9-17(13-22)11-18(10-16)14-22;1-5(2)11(13)15-9-6-3-7-8(4-6)12(14)16-10(7)9;1-2-7-3-5-8(9)6-4-7/h5-8,16-18H,4,9-14H2,1-3H3;5-10H,3-4H2,1-2H3;3-6,9H,2H2,1H3. The maximum absolute atomic E-state index is 12.7. The molecule has 2 aromatic carbocycles. The van der Waals surface area contributed by atoms with Gasteiger partial charge in [-0.15, -0.1) is 0 Å². The maximum Gasteiger partial charge on any atom is 0.338 e. The van der Waals surface area contributed by atoms with Crippen LogP contribution in [-0.2, 0) is 36.6 Å². The molecule has 0 aromatic heterocycles. The van der Waals surface area contributed by atoms with Crippen molar-refractivity contribution in [3.63, 3.8) is 0 Å². The van der Waals surface area contributed by atoms with E-state index in [1.807, 2.05) is 50.2 Å². The monoisotopic (exact) mass is 672 g/mol. The van der Waals surface area contributed by atoms with Crippen LogP contribution >= 0.6 is 0 Å². The summed E-state index contributed by atoms with van der Waals surface area (Å²) in [5.74, 6) is 3.16. The second kappa shape index (κ2) is 14.1. The third-order valence-corrected chi connectivity index (χ3v) is 12.7. The van der Waals surface area contributed by atoms with Gasteiger partial charge in [0.15, 0.2) is 0 Å². The van der Waals surface area contributed by atoms with Crippen LogP contribution in [0, 0.1) is 46.8 Å². The van der Waals surface area contributed by atoms with Gasteiger partial charge in [-0.3, -0.25) is 9.59 Å². The number of carbonyl (C=O) groups is 3. The van der Waals surface area contributed by atoms with Crippen LogP contribution in [-0.4, -0.2) is 40.8 Å². The van der Waals surface area contributed by atoms with Gasteiger partial charge >= 0.3 is 17.9 Å². The van der Waals surface area contributed by atoms with Crippen molar-refractivity contribution in [2.24, 2.45) is 46.8 Å². The average molecular weight is 673 g/mol. The molecule has 49 heavy (non-hydrogen) atoms. The van der Waals surface area contributed by atoms with E-state index in [1.54, 1.807) is 12.1 Å². The van der Waals surface area contributed by atoms with Crippen LogP contribution in [0.4, 0.5) is 0 Å². The molecule has 6 saturated carbocycles. The highest BCUT2D eigenvalue weighted by atomic mass is 16.6. The Morgan fingerprint density at radius 2 is 1.39 bits per heavy atom.